The Morgan fingerprint density at radius 2 is 1.43 bits per heavy atom. The Kier molecular flexibility index (Phi) is 10.3. The van der Waals surface area contributed by atoms with Crippen LogP contribution < -0.4 is 9.62 Å². The second kappa shape index (κ2) is 13.9. The summed E-state index contributed by atoms with van der Waals surface area (Å²) in [5.74, 6) is -0.965. The van der Waals surface area contributed by atoms with Crippen LogP contribution in [-0.2, 0) is 32.6 Å². The number of benzene rings is 4. The van der Waals surface area contributed by atoms with Crippen LogP contribution in [0.3, 0.4) is 0 Å². The molecule has 1 atom stereocenters. The molecule has 0 bridgehead atoms. The first-order valence-corrected chi connectivity index (χ1v) is 15.4. The third-order valence-corrected chi connectivity index (χ3v) is 9.38. The lowest BCUT2D eigenvalue weighted by molar-refractivity contribution is -0.139. The molecule has 1 unspecified atom stereocenters. The zero-order valence-electron chi connectivity index (χ0n) is 23.2. The molecule has 0 aliphatic heterocycles. The van der Waals surface area contributed by atoms with Gasteiger partial charge in [0.15, 0.2) is 0 Å². The molecular weight excluding hydrogens is 593 g/mol. The van der Waals surface area contributed by atoms with Gasteiger partial charge < -0.3 is 10.2 Å². The van der Waals surface area contributed by atoms with Crippen LogP contribution in [0.4, 0.5) is 5.69 Å². The van der Waals surface area contributed by atoms with Gasteiger partial charge in [-0.05, 0) is 42.3 Å². The zero-order chi connectivity index (χ0) is 30.3. The molecule has 0 aliphatic carbocycles. The maximum Gasteiger partial charge on any atom is 0.264 e. The number of nitrogens with one attached hydrogen (secondary N) is 1. The van der Waals surface area contributed by atoms with Gasteiger partial charge >= 0.3 is 0 Å². The van der Waals surface area contributed by atoms with Crippen molar-refractivity contribution in [3.63, 3.8) is 0 Å². The van der Waals surface area contributed by atoms with Gasteiger partial charge in [-0.25, -0.2) is 8.42 Å². The molecular formula is C32H31Cl2N3O4S. The number of sulfonamides is 1. The number of rotatable bonds is 11. The number of anilines is 1. The van der Waals surface area contributed by atoms with Crippen molar-refractivity contribution in [2.24, 2.45) is 0 Å². The Bertz CT molecular complexity index is 1630. The van der Waals surface area contributed by atoms with Gasteiger partial charge in [-0.3, -0.25) is 13.9 Å². The highest BCUT2D eigenvalue weighted by atomic mass is 35.5. The van der Waals surface area contributed by atoms with E-state index >= 15 is 0 Å². The van der Waals surface area contributed by atoms with E-state index in [1.165, 1.54) is 36.2 Å². The monoisotopic (exact) mass is 623 g/mol. The lowest BCUT2D eigenvalue weighted by atomic mass is 10.0. The predicted octanol–water partition coefficient (Wildman–Crippen LogP) is 5.88. The van der Waals surface area contributed by atoms with E-state index < -0.39 is 28.5 Å². The number of nitrogens with zero attached hydrogens (tertiary/aromatic N) is 2. The van der Waals surface area contributed by atoms with Crippen molar-refractivity contribution in [2.45, 2.75) is 30.8 Å². The summed E-state index contributed by atoms with van der Waals surface area (Å²) in [5.41, 5.74) is 2.73. The van der Waals surface area contributed by atoms with Crippen LogP contribution >= 0.6 is 23.2 Å². The van der Waals surface area contributed by atoms with Crippen molar-refractivity contribution in [1.29, 1.82) is 0 Å². The summed E-state index contributed by atoms with van der Waals surface area (Å²) < 4.78 is 28.9. The molecule has 4 aromatic rings. The standard InChI is InChI=1S/C32H31Cl2N3O4S/c1-23-16-18-25(19-17-23)21-36(29(32(39)35-2)20-24-10-5-3-6-11-24)30(38)22-37(28-15-9-14-27(33)31(28)34)42(40,41)26-12-7-4-8-13-26/h3-19,29H,20-22H2,1-2H3,(H,35,39). The highest BCUT2D eigenvalue weighted by Gasteiger charge is 2.35. The molecule has 0 heterocycles. The molecule has 0 saturated heterocycles. The van der Waals surface area contributed by atoms with Gasteiger partial charge in [-0.2, -0.15) is 0 Å². The van der Waals surface area contributed by atoms with E-state index in [2.05, 4.69) is 5.32 Å². The minimum Gasteiger partial charge on any atom is -0.357 e. The van der Waals surface area contributed by atoms with Crippen molar-refractivity contribution < 1.29 is 18.0 Å². The highest BCUT2D eigenvalue weighted by Crippen LogP contribution is 2.35. The Morgan fingerprint density at radius 3 is 2.05 bits per heavy atom. The number of hydrogen-bond acceptors (Lipinski definition) is 4. The summed E-state index contributed by atoms with van der Waals surface area (Å²) in [4.78, 5) is 29.0. The molecule has 10 heteroatoms. The van der Waals surface area contributed by atoms with Crippen LogP contribution in [0.2, 0.25) is 10.0 Å². The third kappa shape index (κ3) is 7.31. The van der Waals surface area contributed by atoms with Crippen molar-refractivity contribution in [1.82, 2.24) is 10.2 Å². The lowest BCUT2D eigenvalue weighted by Gasteiger charge is -2.33. The Hall–Kier alpha value is -3.85. The first-order valence-electron chi connectivity index (χ1n) is 13.2. The normalized spacial score (nSPS) is 11.9. The fraction of sp³-hybridized carbons (Fsp3) is 0.188. The fourth-order valence-electron chi connectivity index (χ4n) is 4.53. The number of halogens is 2. The van der Waals surface area contributed by atoms with Gasteiger partial charge in [0, 0.05) is 20.0 Å². The smallest absolute Gasteiger partial charge is 0.264 e. The minimum absolute atomic E-state index is 0.0105. The molecule has 0 saturated carbocycles. The van der Waals surface area contributed by atoms with Gasteiger partial charge in [0.05, 0.1) is 20.6 Å². The summed E-state index contributed by atoms with van der Waals surface area (Å²) in [6, 6.07) is 28.4. The van der Waals surface area contributed by atoms with Crippen LogP contribution in [-0.4, -0.2) is 44.8 Å². The Balaban J connectivity index is 1.81. The van der Waals surface area contributed by atoms with E-state index in [0.717, 1.165) is 21.0 Å². The van der Waals surface area contributed by atoms with Gasteiger partial charge in [-0.1, -0.05) is 108 Å². The van der Waals surface area contributed by atoms with E-state index in [-0.39, 0.29) is 39.5 Å². The van der Waals surface area contributed by atoms with Gasteiger partial charge in [0.25, 0.3) is 10.0 Å². The number of aryl methyl sites for hydroxylation is 1. The summed E-state index contributed by atoms with van der Waals surface area (Å²) in [7, 11) is -2.76. The van der Waals surface area contributed by atoms with E-state index in [1.54, 1.807) is 24.3 Å². The molecule has 2 amide bonds. The molecule has 4 rings (SSSR count). The summed E-state index contributed by atoms with van der Waals surface area (Å²) >= 11 is 12.8. The number of amides is 2. The average molecular weight is 625 g/mol. The maximum absolute atomic E-state index is 14.3. The van der Waals surface area contributed by atoms with Crippen molar-refractivity contribution >= 4 is 50.7 Å². The molecule has 218 valence electrons. The molecule has 0 spiro atoms. The van der Waals surface area contributed by atoms with Crippen molar-refractivity contribution in [3.8, 4) is 0 Å². The number of carbonyl (C=O) groups is 2. The van der Waals surface area contributed by atoms with Gasteiger partial charge in [0.2, 0.25) is 11.8 Å². The minimum atomic E-state index is -4.27. The van der Waals surface area contributed by atoms with Gasteiger partial charge in [0.1, 0.15) is 12.6 Å². The first kappa shape index (κ1) is 31.1. The fourth-order valence-corrected chi connectivity index (χ4v) is 6.42. The second-order valence-electron chi connectivity index (χ2n) is 9.72. The Labute approximate surface area is 256 Å². The van der Waals surface area contributed by atoms with Crippen LogP contribution in [0.15, 0.2) is 108 Å². The van der Waals surface area contributed by atoms with Crippen molar-refractivity contribution in [2.75, 3.05) is 17.9 Å². The average Bonchev–Trinajstić information content (AvgIpc) is 3.00. The predicted molar refractivity (Wildman–Crippen MR) is 167 cm³/mol. The summed E-state index contributed by atoms with van der Waals surface area (Å²) in [6.45, 7) is 1.41. The zero-order valence-corrected chi connectivity index (χ0v) is 25.5. The molecule has 7 nitrogen and oxygen atoms in total. The lowest BCUT2D eigenvalue weighted by Crippen LogP contribution is -2.53. The van der Waals surface area contributed by atoms with Gasteiger partial charge in [-0.15, -0.1) is 0 Å². The number of likely N-dealkylation sites (N-methyl/N-ethyl adjacent to an activating group) is 1. The highest BCUT2D eigenvalue weighted by molar-refractivity contribution is 7.92. The molecule has 0 aliphatic rings. The van der Waals surface area contributed by atoms with E-state index in [0.29, 0.717) is 0 Å². The van der Waals surface area contributed by atoms with E-state index in [1.807, 2.05) is 61.5 Å². The number of hydrogen-bond donors (Lipinski definition) is 1. The molecule has 0 aromatic heterocycles. The molecule has 0 radical (unpaired) electrons. The van der Waals surface area contributed by atoms with Crippen molar-refractivity contribution in [3.05, 3.63) is 130 Å². The van der Waals surface area contributed by atoms with E-state index in [4.69, 9.17) is 23.2 Å². The third-order valence-electron chi connectivity index (χ3n) is 6.80. The largest absolute Gasteiger partial charge is 0.357 e. The van der Waals surface area contributed by atoms with Crippen LogP contribution in [0.5, 0.6) is 0 Å². The summed E-state index contributed by atoms with van der Waals surface area (Å²) in [6.07, 6.45) is 0.224. The van der Waals surface area contributed by atoms with E-state index in [9.17, 15) is 18.0 Å². The van der Waals surface area contributed by atoms with Crippen LogP contribution in [0.1, 0.15) is 16.7 Å². The first-order chi connectivity index (χ1) is 20.1. The molecule has 4 aromatic carbocycles. The molecule has 42 heavy (non-hydrogen) atoms. The molecule has 1 N–H and O–H groups in total. The Morgan fingerprint density at radius 1 is 0.810 bits per heavy atom. The summed E-state index contributed by atoms with van der Waals surface area (Å²) in [5, 5.41) is 2.80. The molecule has 0 fully saturated rings. The second-order valence-corrected chi connectivity index (χ2v) is 12.4. The maximum atomic E-state index is 14.3. The van der Waals surface area contributed by atoms with Crippen LogP contribution in [0.25, 0.3) is 0 Å². The SMILES string of the molecule is CNC(=O)C(Cc1ccccc1)N(Cc1ccc(C)cc1)C(=O)CN(c1cccc(Cl)c1Cl)S(=O)(=O)c1ccccc1. The number of carbonyl (C=O) groups excluding carboxylic acids is 2. The topological polar surface area (TPSA) is 86.8 Å². The quantitative estimate of drug-likeness (QED) is 0.226. The van der Waals surface area contributed by atoms with Crippen LogP contribution in [0, 0.1) is 6.92 Å².